The lowest BCUT2D eigenvalue weighted by atomic mass is 10.4. The summed E-state index contributed by atoms with van der Waals surface area (Å²) in [6.45, 7) is 0.696. The Balaban J connectivity index is 2.08. The quantitative estimate of drug-likeness (QED) is 0.603. The molecule has 102 valence electrons. The second kappa shape index (κ2) is 5.69. The zero-order valence-electron chi connectivity index (χ0n) is 11.9. The second-order valence-electron chi connectivity index (χ2n) is 4.77. The molecule has 0 spiro atoms. The maximum absolute atomic E-state index is 4.59. The van der Waals surface area contributed by atoms with Crippen molar-refractivity contribution in [3.05, 3.63) is 30.2 Å². The minimum Gasteiger partial charge on any atom is -0.349 e. The molecule has 2 rings (SSSR count). The molecule has 0 aliphatic heterocycles. The lowest BCUT2D eigenvalue weighted by Crippen LogP contribution is -2.35. The highest BCUT2D eigenvalue weighted by molar-refractivity contribution is 5.79. The first kappa shape index (κ1) is 13.3. The van der Waals surface area contributed by atoms with Crippen LogP contribution >= 0.6 is 0 Å². The van der Waals surface area contributed by atoms with E-state index in [-0.39, 0.29) is 0 Å². The van der Waals surface area contributed by atoms with Crippen molar-refractivity contribution in [3.8, 4) is 0 Å². The van der Waals surface area contributed by atoms with Crippen molar-refractivity contribution in [2.75, 3.05) is 34.7 Å². The number of nitrogens with zero attached hydrogens (tertiary/aromatic N) is 6. The molecule has 19 heavy (non-hydrogen) atoms. The van der Waals surface area contributed by atoms with Crippen LogP contribution in [0.4, 0.5) is 0 Å². The van der Waals surface area contributed by atoms with Gasteiger partial charge in [0.25, 0.3) is 0 Å². The van der Waals surface area contributed by atoms with Gasteiger partial charge in [0.1, 0.15) is 5.82 Å². The fourth-order valence-electron chi connectivity index (χ4n) is 2.00. The predicted octanol–water partition coefficient (Wildman–Crippen LogP) is 0.751. The lowest BCUT2D eigenvalue weighted by molar-refractivity contribution is 0.479. The van der Waals surface area contributed by atoms with Gasteiger partial charge in [0.05, 0.1) is 0 Å². The minimum absolute atomic E-state index is 0.696. The van der Waals surface area contributed by atoms with E-state index < -0.39 is 0 Å². The van der Waals surface area contributed by atoms with Crippen LogP contribution in [0.1, 0.15) is 5.82 Å². The summed E-state index contributed by atoms with van der Waals surface area (Å²) in [5.74, 6) is 1.89. The summed E-state index contributed by atoms with van der Waals surface area (Å²) >= 11 is 0. The molecule has 0 saturated carbocycles. The van der Waals surface area contributed by atoms with Crippen LogP contribution in [0.2, 0.25) is 0 Å². The van der Waals surface area contributed by atoms with E-state index in [1.165, 1.54) is 0 Å². The first-order valence-electron chi connectivity index (χ1n) is 6.27. The molecule has 2 aromatic rings. The number of guanidine groups is 1. The van der Waals surface area contributed by atoms with Gasteiger partial charge in [-0.05, 0) is 12.1 Å². The van der Waals surface area contributed by atoms with Crippen LogP contribution in [0.3, 0.4) is 0 Å². The second-order valence-corrected chi connectivity index (χ2v) is 4.77. The molecular formula is C13H20N6. The maximum atomic E-state index is 4.59. The van der Waals surface area contributed by atoms with Crippen LogP contribution in [-0.4, -0.2) is 65.1 Å². The molecule has 0 fully saturated rings. The average Bonchev–Trinajstić information content (AvgIpc) is 2.77. The van der Waals surface area contributed by atoms with Crippen molar-refractivity contribution in [3.63, 3.8) is 0 Å². The van der Waals surface area contributed by atoms with Gasteiger partial charge in [0, 0.05) is 47.4 Å². The Hall–Kier alpha value is -2.11. The highest BCUT2D eigenvalue weighted by Gasteiger charge is 2.06. The van der Waals surface area contributed by atoms with Gasteiger partial charge >= 0.3 is 0 Å². The van der Waals surface area contributed by atoms with Gasteiger partial charge in [-0.1, -0.05) is 6.07 Å². The number of aromatic nitrogens is 3. The highest BCUT2D eigenvalue weighted by atomic mass is 15.3. The summed E-state index contributed by atoms with van der Waals surface area (Å²) in [5.41, 5.74) is 0.877. The molecule has 6 nitrogen and oxygen atoms in total. The van der Waals surface area contributed by atoms with Gasteiger partial charge in [0.15, 0.2) is 11.6 Å². The molecule has 2 heterocycles. The van der Waals surface area contributed by atoms with Gasteiger partial charge in [-0.2, -0.15) is 0 Å². The number of rotatable bonds is 3. The smallest absolute Gasteiger partial charge is 0.195 e. The molecule has 0 aliphatic carbocycles. The fraction of sp³-hybridized carbons (Fsp3) is 0.462. The molecule has 0 radical (unpaired) electrons. The molecule has 0 bridgehead atoms. The van der Waals surface area contributed by atoms with E-state index in [1.807, 2.05) is 66.8 Å². The van der Waals surface area contributed by atoms with Gasteiger partial charge in [-0.3, -0.25) is 9.39 Å². The third-order valence-corrected chi connectivity index (χ3v) is 2.77. The van der Waals surface area contributed by atoms with Crippen molar-refractivity contribution in [1.82, 2.24) is 24.4 Å². The van der Waals surface area contributed by atoms with E-state index in [0.717, 1.165) is 23.9 Å². The number of pyridine rings is 1. The molecule has 0 amide bonds. The van der Waals surface area contributed by atoms with E-state index in [4.69, 9.17) is 0 Å². The lowest BCUT2D eigenvalue weighted by Gasteiger charge is -2.22. The number of hydrogen-bond acceptors (Lipinski definition) is 3. The number of hydrogen-bond donors (Lipinski definition) is 0. The summed E-state index contributed by atoms with van der Waals surface area (Å²) in [6.07, 6.45) is 2.75. The van der Waals surface area contributed by atoms with Gasteiger partial charge in [-0.25, -0.2) is 0 Å². The Morgan fingerprint density at radius 3 is 2.58 bits per heavy atom. The van der Waals surface area contributed by atoms with Crippen LogP contribution in [0, 0.1) is 0 Å². The van der Waals surface area contributed by atoms with Crippen LogP contribution in [0.25, 0.3) is 5.65 Å². The monoisotopic (exact) mass is 260 g/mol. The summed E-state index contributed by atoms with van der Waals surface area (Å²) in [5, 5.41) is 8.33. The van der Waals surface area contributed by atoms with Crippen molar-refractivity contribution >= 4 is 11.6 Å². The zero-order chi connectivity index (χ0) is 13.8. The Morgan fingerprint density at radius 1 is 1.16 bits per heavy atom. The number of aliphatic imine (C=N–C) groups is 1. The first-order chi connectivity index (χ1) is 9.09. The van der Waals surface area contributed by atoms with E-state index in [1.54, 1.807) is 0 Å². The van der Waals surface area contributed by atoms with Crippen LogP contribution in [-0.2, 0) is 6.42 Å². The third kappa shape index (κ3) is 3.01. The first-order valence-corrected chi connectivity index (χ1v) is 6.27. The summed E-state index contributed by atoms with van der Waals surface area (Å²) < 4.78 is 2.00. The van der Waals surface area contributed by atoms with E-state index in [0.29, 0.717) is 6.54 Å². The Labute approximate surface area is 113 Å². The molecule has 0 N–H and O–H groups in total. The topological polar surface area (TPSA) is 49.0 Å². The summed E-state index contributed by atoms with van der Waals surface area (Å²) in [6, 6.07) is 5.89. The van der Waals surface area contributed by atoms with Gasteiger partial charge in [-0.15, -0.1) is 10.2 Å². The van der Waals surface area contributed by atoms with Crippen molar-refractivity contribution in [2.45, 2.75) is 6.42 Å². The van der Waals surface area contributed by atoms with Gasteiger partial charge in [0.2, 0.25) is 0 Å². The Kier molecular flexibility index (Phi) is 3.99. The van der Waals surface area contributed by atoms with E-state index in [2.05, 4.69) is 15.2 Å². The molecular weight excluding hydrogens is 240 g/mol. The standard InChI is InChI=1S/C13H20N6/c1-17(2)13(18(3)4)14-9-8-12-16-15-11-7-5-6-10-19(11)12/h5-7,10H,8-9H2,1-4H3. The fourth-order valence-corrected chi connectivity index (χ4v) is 2.00. The molecule has 6 heteroatoms. The predicted molar refractivity (Wildman–Crippen MR) is 76.4 cm³/mol. The minimum atomic E-state index is 0.696. The summed E-state index contributed by atoms with van der Waals surface area (Å²) in [7, 11) is 7.97. The van der Waals surface area contributed by atoms with Crippen LogP contribution in [0.15, 0.2) is 29.4 Å². The molecule has 2 aromatic heterocycles. The SMILES string of the molecule is CN(C)C(=NCCc1nnc2ccccn12)N(C)C. The van der Waals surface area contributed by atoms with Crippen LogP contribution < -0.4 is 0 Å². The molecule has 0 saturated heterocycles. The Bertz CT molecular complexity index is 559. The third-order valence-electron chi connectivity index (χ3n) is 2.77. The molecule has 0 unspecified atom stereocenters. The van der Waals surface area contributed by atoms with Crippen LogP contribution in [0.5, 0.6) is 0 Å². The molecule has 0 aromatic carbocycles. The number of fused-ring (bicyclic) bond motifs is 1. The Morgan fingerprint density at radius 2 is 1.89 bits per heavy atom. The van der Waals surface area contributed by atoms with Crippen molar-refractivity contribution in [1.29, 1.82) is 0 Å². The highest BCUT2D eigenvalue weighted by Crippen LogP contribution is 2.03. The van der Waals surface area contributed by atoms with Gasteiger partial charge < -0.3 is 9.80 Å². The van der Waals surface area contributed by atoms with E-state index in [9.17, 15) is 0 Å². The molecule has 0 aliphatic rings. The average molecular weight is 260 g/mol. The molecule has 0 atom stereocenters. The largest absolute Gasteiger partial charge is 0.349 e. The van der Waals surface area contributed by atoms with Crippen molar-refractivity contribution in [2.24, 2.45) is 4.99 Å². The zero-order valence-corrected chi connectivity index (χ0v) is 11.9. The summed E-state index contributed by atoms with van der Waals surface area (Å²) in [4.78, 5) is 8.60. The normalized spacial score (nSPS) is 10.5. The maximum Gasteiger partial charge on any atom is 0.195 e. The van der Waals surface area contributed by atoms with Crippen molar-refractivity contribution < 1.29 is 0 Å². The van der Waals surface area contributed by atoms with E-state index >= 15 is 0 Å².